The van der Waals surface area contributed by atoms with Crippen LogP contribution in [0.25, 0.3) is 0 Å². The zero-order chi connectivity index (χ0) is 18.9. The van der Waals surface area contributed by atoms with E-state index in [1.165, 1.54) is 7.11 Å². The fraction of sp³-hybridized carbons (Fsp3) is 0.316. The Bertz CT molecular complexity index is 928. The predicted octanol–water partition coefficient (Wildman–Crippen LogP) is 3.16. The lowest BCUT2D eigenvalue weighted by Crippen LogP contribution is -2.33. The molecule has 1 atom stereocenters. The number of hydrogen-bond acceptors (Lipinski definition) is 4. The Morgan fingerprint density at radius 1 is 1.23 bits per heavy atom. The maximum absolute atomic E-state index is 12.0. The molecule has 0 radical (unpaired) electrons. The average molecular weight is 394 g/mol. The van der Waals surface area contributed by atoms with Crippen molar-refractivity contribution in [1.82, 2.24) is 4.90 Å². The second kappa shape index (κ2) is 7.29. The van der Waals surface area contributed by atoms with Crippen LogP contribution in [0.15, 0.2) is 47.4 Å². The van der Waals surface area contributed by atoms with Crippen LogP contribution in [0.5, 0.6) is 5.75 Å². The second-order valence-electron chi connectivity index (χ2n) is 6.32. The summed E-state index contributed by atoms with van der Waals surface area (Å²) in [6.45, 7) is 2.61. The Balaban J connectivity index is 2.20. The first-order valence-electron chi connectivity index (χ1n) is 8.27. The van der Waals surface area contributed by atoms with Crippen LogP contribution in [0.3, 0.4) is 0 Å². The van der Waals surface area contributed by atoms with E-state index >= 15 is 0 Å². The van der Waals surface area contributed by atoms with Gasteiger partial charge in [0.15, 0.2) is 0 Å². The van der Waals surface area contributed by atoms with Crippen molar-refractivity contribution < 1.29 is 17.9 Å². The van der Waals surface area contributed by atoms with Crippen LogP contribution in [0, 0.1) is 0 Å². The van der Waals surface area contributed by atoms with Gasteiger partial charge in [-0.05, 0) is 35.2 Å². The lowest BCUT2D eigenvalue weighted by molar-refractivity contribution is -0.128. The third kappa shape index (κ3) is 3.71. The molecule has 1 heterocycles. The van der Waals surface area contributed by atoms with E-state index in [-0.39, 0.29) is 22.5 Å². The van der Waals surface area contributed by atoms with Gasteiger partial charge in [-0.3, -0.25) is 4.79 Å². The van der Waals surface area contributed by atoms with Gasteiger partial charge in [-0.1, -0.05) is 30.3 Å². The maximum Gasteiger partial charge on any atom is 0.264 e. The van der Waals surface area contributed by atoms with Crippen LogP contribution < -0.4 is 4.74 Å². The molecule has 2 aromatic rings. The van der Waals surface area contributed by atoms with E-state index in [9.17, 15) is 13.2 Å². The molecule has 0 saturated heterocycles. The van der Waals surface area contributed by atoms with Crippen molar-refractivity contribution in [1.29, 1.82) is 0 Å². The van der Waals surface area contributed by atoms with Crippen molar-refractivity contribution in [3.05, 3.63) is 59.2 Å². The summed E-state index contributed by atoms with van der Waals surface area (Å²) in [6, 6.07) is 13.2. The third-order valence-electron chi connectivity index (χ3n) is 4.76. The summed E-state index contributed by atoms with van der Waals surface area (Å²) in [5, 5.41) is 0. The molecule has 0 saturated carbocycles. The van der Waals surface area contributed by atoms with Crippen LogP contribution >= 0.6 is 10.7 Å². The number of halogens is 1. The number of hydrogen-bond donors (Lipinski definition) is 0. The van der Waals surface area contributed by atoms with Crippen LogP contribution in [0.4, 0.5) is 0 Å². The standard InChI is InChI=1S/C19H20ClNO4S/c1-13(22)21-9-8-15-10-19(26(20,23)24)18(25-2)11-16(15)17(12-21)14-6-4-3-5-7-14/h3-7,10-11,17H,8-9,12H2,1-2H3. The summed E-state index contributed by atoms with van der Waals surface area (Å²) in [4.78, 5) is 13.8. The third-order valence-corrected chi connectivity index (χ3v) is 6.11. The van der Waals surface area contributed by atoms with Gasteiger partial charge in [0.1, 0.15) is 10.6 Å². The molecule has 3 rings (SSSR count). The number of carbonyl (C=O) groups excluding carboxylic acids is 1. The highest BCUT2D eigenvalue weighted by molar-refractivity contribution is 8.13. The molecule has 1 aliphatic rings. The van der Waals surface area contributed by atoms with Crippen LogP contribution in [0.1, 0.15) is 29.5 Å². The lowest BCUT2D eigenvalue weighted by Gasteiger charge is -2.25. The molecule has 138 valence electrons. The topological polar surface area (TPSA) is 63.7 Å². The Kier molecular flexibility index (Phi) is 5.25. The van der Waals surface area contributed by atoms with Crippen LogP contribution in [-0.4, -0.2) is 39.4 Å². The molecule has 1 unspecified atom stereocenters. The summed E-state index contributed by atoms with van der Waals surface area (Å²) in [7, 11) is 3.07. The number of rotatable bonds is 3. The first-order valence-corrected chi connectivity index (χ1v) is 10.6. The summed E-state index contributed by atoms with van der Waals surface area (Å²) in [5.74, 6) is 0.144. The average Bonchev–Trinajstić information content (AvgIpc) is 2.80. The van der Waals surface area contributed by atoms with Crippen molar-refractivity contribution in [3.63, 3.8) is 0 Å². The van der Waals surface area contributed by atoms with E-state index in [0.29, 0.717) is 19.5 Å². The highest BCUT2D eigenvalue weighted by Crippen LogP contribution is 2.38. The van der Waals surface area contributed by atoms with E-state index in [1.807, 2.05) is 30.3 Å². The first kappa shape index (κ1) is 18.7. The normalized spacial score (nSPS) is 17.3. The SMILES string of the molecule is COc1cc2c(cc1S(=O)(=O)Cl)CCN(C(C)=O)CC2c1ccccc1. The molecule has 5 nitrogen and oxygen atoms in total. The number of benzene rings is 2. The van der Waals surface area contributed by atoms with E-state index in [2.05, 4.69) is 0 Å². The monoisotopic (exact) mass is 393 g/mol. The van der Waals surface area contributed by atoms with Gasteiger partial charge in [-0.2, -0.15) is 0 Å². The number of methoxy groups -OCH3 is 1. The molecular formula is C19H20ClNO4S. The van der Waals surface area contributed by atoms with Gasteiger partial charge < -0.3 is 9.64 Å². The highest BCUT2D eigenvalue weighted by atomic mass is 35.7. The molecule has 0 spiro atoms. The van der Waals surface area contributed by atoms with Crippen LogP contribution in [-0.2, 0) is 20.3 Å². The summed E-state index contributed by atoms with van der Waals surface area (Å²) < 4.78 is 29.2. The molecule has 26 heavy (non-hydrogen) atoms. The second-order valence-corrected chi connectivity index (χ2v) is 8.85. The van der Waals surface area contributed by atoms with Gasteiger partial charge in [-0.15, -0.1) is 0 Å². The Morgan fingerprint density at radius 2 is 1.92 bits per heavy atom. The van der Waals surface area contributed by atoms with Gasteiger partial charge in [-0.25, -0.2) is 8.42 Å². The lowest BCUT2D eigenvalue weighted by atomic mass is 9.88. The van der Waals surface area contributed by atoms with Crippen LogP contribution in [0.2, 0.25) is 0 Å². The van der Waals surface area contributed by atoms with Crippen molar-refractivity contribution >= 4 is 25.6 Å². The first-order chi connectivity index (χ1) is 12.3. The molecule has 0 aromatic heterocycles. The molecule has 0 aliphatic carbocycles. The van der Waals surface area contributed by atoms with E-state index in [0.717, 1.165) is 16.7 Å². The molecule has 0 fully saturated rings. The summed E-state index contributed by atoms with van der Waals surface area (Å²) in [5.41, 5.74) is 2.88. The largest absolute Gasteiger partial charge is 0.495 e. The molecule has 7 heteroatoms. The van der Waals surface area contributed by atoms with Crippen molar-refractivity contribution in [3.8, 4) is 5.75 Å². The molecule has 0 bridgehead atoms. The number of carbonyl (C=O) groups is 1. The predicted molar refractivity (Wildman–Crippen MR) is 100 cm³/mol. The number of amides is 1. The summed E-state index contributed by atoms with van der Waals surface area (Å²) in [6.07, 6.45) is 0.557. The summed E-state index contributed by atoms with van der Waals surface area (Å²) >= 11 is 0. The van der Waals surface area contributed by atoms with Gasteiger partial charge in [0.2, 0.25) is 5.91 Å². The van der Waals surface area contributed by atoms with Gasteiger partial charge >= 0.3 is 0 Å². The Labute approximate surface area is 158 Å². The van der Waals surface area contributed by atoms with Crippen molar-refractivity contribution in [2.24, 2.45) is 0 Å². The zero-order valence-electron chi connectivity index (χ0n) is 14.6. The minimum absolute atomic E-state index is 0.00380. The fourth-order valence-electron chi connectivity index (χ4n) is 3.43. The number of fused-ring (bicyclic) bond motifs is 1. The van der Waals surface area contributed by atoms with Crippen molar-refractivity contribution in [2.45, 2.75) is 24.2 Å². The van der Waals surface area contributed by atoms with E-state index in [1.54, 1.807) is 24.0 Å². The maximum atomic E-state index is 12.0. The van der Waals surface area contributed by atoms with Gasteiger partial charge in [0, 0.05) is 36.6 Å². The van der Waals surface area contributed by atoms with E-state index in [4.69, 9.17) is 15.4 Å². The Hall–Kier alpha value is -2.05. The molecule has 1 amide bonds. The number of ether oxygens (including phenoxy) is 1. The molecule has 0 N–H and O–H groups in total. The zero-order valence-corrected chi connectivity index (χ0v) is 16.2. The highest BCUT2D eigenvalue weighted by Gasteiger charge is 2.29. The van der Waals surface area contributed by atoms with Gasteiger partial charge in [0.25, 0.3) is 9.05 Å². The minimum Gasteiger partial charge on any atom is -0.495 e. The van der Waals surface area contributed by atoms with Crippen molar-refractivity contribution in [2.75, 3.05) is 20.2 Å². The molecule has 2 aromatic carbocycles. The molecular weight excluding hydrogens is 374 g/mol. The van der Waals surface area contributed by atoms with Gasteiger partial charge in [0.05, 0.1) is 7.11 Å². The van der Waals surface area contributed by atoms with E-state index < -0.39 is 9.05 Å². The fourth-order valence-corrected chi connectivity index (χ4v) is 4.46. The smallest absolute Gasteiger partial charge is 0.264 e. The quantitative estimate of drug-likeness (QED) is 0.751. The Morgan fingerprint density at radius 3 is 2.50 bits per heavy atom. The minimum atomic E-state index is -3.94. The molecule has 1 aliphatic heterocycles. The number of nitrogens with zero attached hydrogens (tertiary/aromatic N) is 1.